The summed E-state index contributed by atoms with van der Waals surface area (Å²) in [6.07, 6.45) is 9.35. The molecule has 3 heterocycles. The van der Waals surface area contributed by atoms with E-state index >= 15 is 0 Å². The van der Waals surface area contributed by atoms with Crippen LogP contribution in [0.15, 0.2) is 47.5 Å². The molecule has 1 aliphatic carbocycles. The molecule has 1 N–H and O–H groups in total. The Morgan fingerprint density at radius 3 is 2.94 bits per heavy atom. The van der Waals surface area contributed by atoms with Crippen molar-refractivity contribution in [2.45, 2.75) is 31.8 Å². The fraction of sp³-hybridized carbons (Fsp3) is 0.435. The van der Waals surface area contributed by atoms with E-state index in [-0.39, 0.29) is 0 Å². The molecule has 1 fully saturated rings. The lowest BCUT2D eigenvalue weighted by Gasteiger charge is -2.33. The molecular weight excluding hydrogens is 392 g/mol. The molecule has 1 aromatic heterocycles. The fourth-order valence-electron chi connectivity index (χ4n) is 4.22. The zero-order valence-corrected chi connectivity index (χ0v) is 17.8. The minimum Gasteiger partial charge on any atom is -0.497 e. The van der Waals surface area contributed by atoms with Crippen LogP contribution in [0.5, 0.6) is 5.75 Å². The summed E-state index contributed by atoms with van der Waals surface area (Å²) in [5.74, 6) is 3.59. The van der Waals surface area contributed by atoms with Crippen molar-refractivity contribution >= 4 is 11.4 Å². The number of benzene rings is 1. The number of rotatable bonds is 5. The van der Waals surface area contributed by atoms with Gasteiger partial charge in [0.1, 0.15) is 11.6 Å². The van der Waals surface area contributed by atoms with Crippen molar-refractivity contribution in [2.75, 3.05) is 38.8 Å². The normalized spacial score (nSPS) is 22.7. The Balaban J connectivity index is 1.27. The van der Waals surface area contributed by atoms with Crippen LogP contribution >= 0.6 is 0 Å². The van der Waals surface area contributed by atoms with E-state index in [9.17, 15) is 0 Å². The Morgan fingerprint density at radius 1 is 1.23 bits per heavy atom. The van der Waals surface area contributed by atoms with Crippen LogP contribution in [0.25, 0.3) is 5.57 Å². The van der Waals surface area contributed by atoms with Crippen molar-refractivity contribution in [1.29, 1.82) is 0 Å². The fourth-order valence-corrected chi connectivity index (χ4v) is 4.22. The first kappa shape index (κ1) is 20.0. The van der Waals surface area contributed by atoms with Gasteiger partial charge in [-0.15, -0.1) is 10.2 Å². The Labute approximate surface area is 182 Å². The number of nitrogens with zero attached hydrogens (tertiary/aromatic N) is 5. The quantitative estimate of drug-likeness (QED) is 0.801. The van der Waals surface area contributed by atoms with Gasteiger partial charge < -0.3 is 9.47 Å². The smallest absolute Gasteiger partial charge is 0.182 e. The van der Waals surface area contributed by atoms with Crippen molar-refractivity contribution in [1.82, 2.24) is 19.8 Å². The second-order valence-corrected chi connectivity index (χ2v) is 7.97. The number of morpholine rings is 1. The van der Waals surface area contributed by atoms with E-state index in [1.165, 1.54) is 0 Å². The van der Waals surface area contributed by atoms with Gasteiger partial charge in [-0.2, -0.15) is 0 Å². The number of allylic oxidation sites excluding steroid dienone is 2. The SMILES string of the molecule is COc1cccc(CN=C2CCc3nnc(C4=CCC(N5CCOCC5)C=C4)n3N2)c1. The van der Waals surface area contributed by atoms with E-state index in [4.69, 9.17) is 14.5 Å². The Morgan fingerprint density at radius 2 is 2.13 bits per heavy atom. The third-order valence-corrected chi connectivity index (χ3v) is 5.99. The summed E-state index contributed by atoms with van der Waals surface area (Å²) in [6.45, 7) is 4.23. The van der Waals surface area contributed by atoms with Crippen molar-refractivity contribution in [2.24, 2.45) is 4.99 Å². The standard InChI is InChI=1S/C23H28N6O2/c1-30-20-4-2-3-17(15-20)16-24-21-9-10-22-25-26-23(29(22)27-21)18-5-7-19(8-6-18)28-11-13-31-14-12-28/h2-7,15,19H,8-14,16H2,1H3,(H,24,27). The van der Waals surface area contributed by atoms with E-state index < -0.39 is 0 Å². The highest BCUT2D eigenvalue weighted by atomic mass is 16.5. The summed E-state index contributed by atoms with van der Waals surface area (Å²) in [5, 5.41) is 8.85. The van der Waals surface area contributed by atoms with Crippen molar-refractivity contribution < 1.29 is 9.47 Å². The second kappa shape index (κ2) is 9.03. The summed E-state index contributed by atoms with van der Waals surface area (Å²) in [5.41, 5.74) is 5.65. The predicted octanol–water partition coefficient (Wildman–Crippen LogP) is 2.42. The molecule has 1 aromatic carbocycles. The van der Waals surface area contributed by atoms with Gasteiger partial charge in [-0.3, -0.25) is 15.3 Å². The van der Waals surface area contributed by atoms with Crippen LogP contribution in [0, 0.1) is 0 Å². The first-order chi connectivity index (χ1) is 15.3. The number of aromatic nitrogens is 3. The van der Waals surface area contributed by atoms with Crippen molar-refractivity contribution in [3.8, 4) is 5.75 Å². The number of fused-ring (bicyclic) bond motifs is 1. The largest absolute Gasteiger partial charge is 0.497 e. The number of hydrogen-bond donors (Lipinski definition) is 1. The Bertz CT molecular complexity index is 1020. The summed E-state index contributed by atoms with van der Waals surface area (Å²) in [4.78, 5) is 7.26. The zero-order valence-electron chi connectivity index (χ0n) is 17.8. The average molecular weight is 421 g/mol. The van der Waals surface area contributed by atoms with E-state index in [0.29, 0.717) is 12.6 Å². The molecule has 0 radical (unpaired) electrons. The Hall–Kier alpha value is -2.97. The van der Waals surface area contributed by atoms with Gasteiger partial charge in [-0.25, -0.2) is 4.68 Å². The summed E-state index contributed by atoms with van der Waals surface area (Å²) in [7, 11) is 1.68. The molecule has 1 atom stereocenters. The molecule has 1 saturated heterocycles. The zero-order chi connectivity index (χ0) is 21.0. The van der Waals surface area contributed by atoms with Gasteiger partial charge in [0, 0.05) is 37.5 Å². The average Bonchev–Trinajstić information content (AvgIpc) is 3.27. The topological polar surface area (TPSA) is 76.8 Å². The van der Waals surface area contributed by atoms with Crippen molar-refractivity contribution in [3.63, 3.8) is 0 Å². The lowest BCUT2D eigenvalue weighted by Crippen LogP contribution is -2.42. The number of aryl methyl sites for hydroxylation is 1. The Kier molecular flexibility index (Phi) is 5.82. The van der Waals surface area contributed by atoms with E-state index in [0.717, 1.165) is 79.9 Å². The van der Waals surface area contributed by atoms with Gasteiger partial charge in [0.05, 0.1) is 26.9 Å². The molecule has 8 heteroatoms. The van der Waals surface area contributed by atoms with Crippen LogP contribution in [-0.4, -0.2) is 65.1 Å². The van der Waals surface area contributed by atoms with Gasteiger partial charge in [0.25, 0.3) is 0 Å². The third kappa shape index (κ3) is 4.40. The highest BCUT2D eigenvalue weighted by Gasteiger charge is 2.24. The van der Waals surface area contributed by atoms with Crippen LogP contribution in [0.1, 0.15) is 30.1 Å². The lowest BCUT2D eigenvalue weighted by atomic mass is 10.0. The molecule has 1 unspecified atom stereocenters. The number of ether oxygens (including phenoxy) is 2. The number of hydrogen-bond acceptors (Lipinski definition) is 6. The first-order valence-corrected chi connectivity index (χ1v) is 10.9. The van der Waals surface area contributed by atoms with Crippen molar-refractivity contribution in [3.05, 3.63) is 59.7 Å². The van der Waals surface area contributed by atoms with Crippen LogP contribution in [-0.2, 0) is 17.7 Å². The molecule has 2 aliphatic heterocycles. The summed E-state index contributed by atoms with van der Waals surface area (Å²) >= 11 is 0. The van der Waals surface area contributed by atoms with Crippen LogP contribution < -0.4 is 10.2 Å². The highest BCUT2D eigenvalue weighted by Crippen LogP contribution is 2.24. The molecule has 2 aromatic rings. The number of aliphatic imine (C=N–C) groups is 1. The maximum atomic E-state index is 5.47. The maximum Gasteiger partial charge on any atom is 0.182 e. The molecule has 5 rings (SSSR count). The lowest BCUT2D eigenvalue weighted by molar-refractivity contribution is 0.0260. The molecule has 3 aliphatic rings. The minimum atomic E-state index is 0.435. The minimum absolute atomic E-state index is 0.435. The van der Waals surface area contributed by atoms with E-state index in [1.807, 2.05) is 22.9 Å². The van der Waals surface area contributed by atoms with Crippen LogP contribution in [0.3, 0.4) is 0 Å². The molecule has 0 spiro atoms. The number of amidine groups is 1. The van der Waals surface area contributed by atoms with Gasteiger partial charge >= 0.3 is 0 Å². The first-order valence-electron chi connectivity index (χ1n) is 10.9. The molecule has 0 saturated carbocycles. The van der Waals surface area contributed by atoms with Gasteiger partial charge in [-0.05, 0) is 24.1 Å². The van der Waals surface area contributed by atoms with E-state index in [2.05, 4.69) is 44.8 Å². The molecular formula is C23H28N6O2. The molecule has 31 heavy (non-hydrogen) atoms. The van der Waals surface area contributed by atoms with Gasteiger partial charge in [0.15, 0.2) is 11.6 Å². The molecule has 8 nitrogen and oxygen atoms in total. The number of methoxy groups -OCH3 is 1. The number of nitrogens with one attached hydrogen (secondary N) is 1. The van der Waals surface area contributed by atoms with Gasteiger partial charge in [0.2, 0.25) is 0 Å². The van der Waals surface area contributed by atoms with Crippen LogP contribution in [0.2, 0.25) is 0 Å². The van der Waals surface area contributed by atoms with E-state index in [1.54, 1.807) is 7.11 Å². The highest BCUT2D eigenvalue weighted by molar-refractivity contribution is 5.91. The maximum absolute atomic E-state index is 5.47. The predicted molar refractivity (Wildman–Crippen MR) is 120 cm³/mol. The second-order valence-electron chi connectivity index (χ2n) is 7.97. The van der Waals surface area contributed by atoms with Crippen LogP contribution in [0.4, 0.5) is 0 Å². The monoisotopic (exact) mass is 420 g/mol. The molecule has 0 amide bonds. The summed E-state index contributed by atoms with van der Waals surface area (Å²) in [6, 6.07) is 8.45. The summed E-state index contributed by atoms with van der Waals surface area (Å²) < 4.78 is 12.8. The third-order valence-electron chi connectivity index (χ3n) is 5.99. The van der Waals surface area contributed by atoms with Gasteiger partial charge in [-0.1, -0.05) is 30.4 Å². The molecule has 162 valence electrons. The molecule has 0 bridgehead atoms.